The second-order valence-corrected chi connectivity index (χ2v) is 9.71. The van der Waals surface area contributed by atoms with E-state index in [1.165, 1.54) is 23.3 Å². The van der Waals surface area contributed by atoms with Crippen molar-refractivity contribution in [1.29, 1.82) is 0 Å². The van der Waals surface area contributed by atoms with Crippen LogP contribution in [0.3, 0.4) is 0 Å². The molecule has 6 heteroatoms. The summed E-state index contributed by atoms with van der Waals surface area (Å²) in [6, 6.07) is 14.7. The molecule has 1 fully saturated rings. The van der Waals surface area contributed by atoms with Gasteiger partial charge in [0.15, 0.2) is 5.78 Å². The molecule has 1 unspecified atom stereocenters. The van der Waals surface area contributed by atoms with Gasteiger partial charge in [0.2, 0.25) is 0 Å². The van der Waals surface area contributed by atoms with Crippen LogP contribution >= 0.6 is 0 Å². The first-order valence-corrected chi connectivity index (χ1v) is 11.3. The smallest absolute Gasteiger partial charge is 0.166 e. The standard InChI is InChI=1S/C26H31FN4O/c1-26(2,3)22-8-4-19(5-9-22)24(31-18-28-17-29-31)16-30-14-12-21(13-15-30)25(32)20-6-10-23(27)11-7-20/h4-11,17-18,21,24H,12-16H2,1-3H3. The largest absolute Gasteiger partial charge is 0.301 e. The predicted molar refractivity (Wildman–Crippen MR) is 123 cm³/mol. The number of halogens is 1. The quantitative estimate of drug-likeness (QED) is 0.518. The molecule has 3 aromatic rings. The summed E-state index contributed by atoms with van der Waals surface area (Å²) >= 11 is 0. The average molecular weight is 435 g/mol. The van der Waals surface area contributed by atoms with Crippen LogP contribution in [0.15, 0.2) is 61.2 Å². The number of likely N-dealkylation sites (tertiary alicyclic amines) is 1. The van der Waals surface area contributed by atoms with Crippen molar-refractivity contribution in [3.63, 3.8) is 0 Å². The van der Waals surface area contributed by atoms with Crippen LogP contribution in [0.2, 0.25) is 0 Å². The lowest BCUT2D eigenvalue weighted by Crippen LogP contribution is -2.40. The van der Waals surface area contributed by atoms with Gasteiger partial charge in [-0.05, 0) is 66.7 Å². The Bertz CT molecular complexity index is 1020. The third-order valence-corrected chi connectivity index (χ3v) is 6.44. The summed E-state index contributed by atoms with van der Waals surface area (Å²) in [7, 11) is 0. The molecular weight excluding hydrogens is 403 g/mol. The predicted octanol–water partition coefficient (Wildman–Crippen LogP) is 4.90. The molecule has 4 rings (SSSR count). The Morgan fingerprint density at radius 1 is 1.06 bits per heavy atom. The Balaban J connectivity index is 1.43. The van der Waals surface area contributed by atoms with Gasteiger partial charge in [0.05, 0.1) is 6.04 Å². The van der Waals surface area contributed by atoms with Crippen molar-refractivity contribution in [3.05, 3.63) is 83.7 Å². The lowest BCUT2D eigenvalue weighted by molar-refractivity contribution is 0.0831. The van der Waals surface area contributed by atoms with E-state index in [0.717, 1.165) is 32.5 Å². The number of hydrogen-bond donors (Lipinski definition) is 0. The van der Waals surface area contributed by atoms with Crippen LogP contribution in [0.5, 0.6) is 0 Å². The summed E-state index contributed by atoms with van der Waals surface area (Å²) in [6.07, 6.45) is 4.96. The first-order chi connectivity index (χ1) is 15.3. The van der Waals surface area contributed by atoms with Crippen LogP contribution in [0.4, 0.5) is 4.39 Å². The fraction of sp³-hybridized carbons (Fsp3) is 0.423. The van der Waals surface area contributed by atoms with Crippen molar-refractivity contribution >= 4 is 5.78 Å². The van der Waals surface area contributed by atoms with Gasteiger partial charge in [-0.3, -0.25) is 4.79 Å². The van der Waals surface area contributed by atoms with Crippen molar-refractivity contribution in [2.24, 2.45) is 5.92 Å². The summed E-state index contributed by atoms with van der Waals surface area (Å²) in [5.74, 6) is -0.200. The number of nitrogens with zero attached hydrogens (tertiary/aromatic N) is 4. The monoisotopic (exact) mass is 434 g/mol. The highest BCUT2D eigenvalue weighted by Crippen LogP contribution is 2.28. The van der Waals surface area contributed by atoms with Gasteiger partial charge in [-0.15, -0.1) is 0 Å². The maximum Gasteiger partial charge on any atom is 0.166 e. The number of aromatic nitrogens is 3. The molecule has 0 radical (unpaired) electrons. The van der Waals surface area contributed by atoms with Crippen LogP contribution in [0.25, 0.3) is 0 Å². The maximum atomic E-state index is 13.2. The van der Waals surface area contributed by atoms with Gasteiger partial charge in [-0.1, -0.05) is 45.0 Å². The number of Topliss-reactive ketones (excluding diaryl/α,β-unsaturated/α-hetero) is 1. The summed E-state index contributed by atoms with van der Waals surface area (Å²) in [4.78, 5) is 19.4. The number of piperidine rings is 1. The Morgan fingerprint density at radius 3 is 2.28 bits per heavy atom. The zero-order chi connectivity index (χ0) is 22.7. The summed E-state index contributed by atoms with van der Waals surface area (Å²) in [5.41, 5.74) is 3.22. The van der Waals surface area contributed by atoms with Gasteiger partial charge >= 0.3 is 0 Å². The number of carbonyl (C=O) groups excluding carboxylic acids is 1. The second kappa shape index (κ2) is 9.33. The van der Waals surface area contributed by atoms with Crippen LogP contribution in [0.1, 0.15) is 61.1 Å². The Labute approximate surface area is 189 Å². The maximum absolute atomic E-state index is 13.2. The van der Waals surface area contributed by atoms with E-state index in [2.05, 4.69) is 60.0 Å². The zero-order valence-electron chi connectivity index (χ0n) is 19.0. The van der Waals surface area contributed by atoms with Gasteiger partial charge < -0.3 is 4.90 Å². The lowest BCUT2D eigenvalue weighted by atomic mass is 9.86. The molecule has 0 N–H and O–H groups in total. The van der Waals surface area contributed by atoms with E-state index in [0.29, 0.717) is 5.56 Å². The van der Waals surface area contributed by atoms with E-state index in [1.54, 1.807) is 24.8 Å². The third kappa shape index (κ3) is 5.13. The number of ketones is 1. The average Bonchev–Trinajstić information content (AvgIpc) is 3.32. The molecule has 5 nitrogen and oxygen atoms in total. The summed E-state index contributed by atoms with van der Waals surface area (Å²) in [5, 5.41) is 4.41. The topological polar surface area (TPSA) is 51.0 Å². The van der Waals surface area contributed by atoms with Crippen molar-refractivity contribution < 1.29 is 9.18 Å². The molecule has 168 valence electrons. The van der Waals surface area contributed by atoms with E-state index in [1.807, 2.05) is 4.68 Å². The molecule has 0 saturated carbocycles. The second-order valence-electron chi connectivity index (χ2n) is 9.71. The van der Waals surface area contributed by atoms with E-state index in [9.17, 15) is 9.18 Å². The highest BCUT2D eigenvalue weighted by Gasteiger charge is 2.28. The molecular formula is C26H31FN4O. The molecule has 1 atom stereocenters. The minimum Gasteiger partial charge on any atom is -0.301 e. The van der Waals surface area contributed by atoms with Gasteiger partial charge in [-0.25, -0.2) is 14.1 Å². The first-order valence-electron chi connectivity index (χ1n) is 11.3. The van der Waals surface area contributed by atoms with E-state index >= 15 is 0 Å². The van der Waals surface area contributed by atoms with Crippen LogP contribution in [0, 0.1) is 11.7 Å². The van der Waals surface area contributed by atoms with Gasteiger partial charge in [0.25, 0.3) is 0 Å². The van der Waals surface area contributed by atoms with Gasteiger partial charge in [0, 0.05) is 18.0 Å². The van der Waals surface area contributed by atoms with Crippen molar-refractivity contribution in [3.8, 4) is 0 Å². The van der Waals surface area contributed by atoms with E-state index < -0.39 is 0 Å². The molecule has 0 spiro atoms. The number of rotatable bonds is 6. The van der Waals surface area contributed by atoms with Crippen LogP contribution in [-0.4, -0.2) is 45.1 Å². The molecule has 0 bridgehead atoms. The Morgan fingerprint density at radius 2 is 1.72 bits per heavy atom. The normalized spacial score (nSPS) is 16.8. The van der Waals surface area contributed by atoms with Crippen molar-refractivity contribution in [2.45, 2.75) is 45.1 Å². The van der Waals surface area contributed by atoms with Crippen molar-refractivity contribution in [1.82, 2.24) is 19.7 Å². The zero-order valence-corrected chi connectivity index (χ0v) is 19.0. The minimum absolute atomic E-state index is 0.00685. The molecule has 1 saturated heterocycles. The fourth-order valence-electron chi connectivity index (χ4n) is 4.40. The van der Waals surface area contributed by atoms with Gasteiger partial charge in [-0.2, -0.15) is 5.10 Å². The molecule has 0 amide bonds. The van der Waals surface area contributed by atoms with Gasteiger partial charge in [0.1, 0.15) is 18.5 Å². The first kappa shape index (κ1) is 22.3. The third-order valence-electron chi connectivity index (χ3n) is 6.44. The summed E-state index contributed by atoms with van der Waals surface area (Å²) < 4.78 is 15.1. The Kier molecular flexibility index (Phi) is 6.51. The number of benzene rings is 2. The number of carbonyl (C=O) groups is 1. The Hall–Kier alpha value is -2.86. The molecule has 1 aromatic heterocycles. The molecule has 32 heavy (non-hydrogen) atoms. The molecule has 1 aliphatic rings. The minimum atomic E-state index is -0.314. The van der Waals surface area contributed by atoms with Crippen molar-refractivity contribution in [2.75, 3.05) is 19.6 Å². The number of hydrogen-bond acceptors (Lipinski definition) is 4. The summed E-state index contributed by atoms with van der Waals surface area (Å²) in [6.45, 7) is 9.16. The SMILES string of the molecule is CC(C)(C)c1ccc(C(CN2CCC(C(=O)c3ccc(F)cc3)CC2)n2cncn2)cc1. The molecule has 1 aliphatic heterocycles. The van der Waals surface area contributed by atoms with Crippen LogP contribution < -0.4 is 0 Å². The molecule has 2 heterocycles. The van der Waals surface area contributed by atoms with E-state index in [-0.39, 0.29) is 29.0 Å². The molecule has 2 aromatic carbocycles. The van der Waals surface area contributed by atoms with E-state index in [4.69, 9.17) is 0 Å². The fourth-order valence-corrected chi connectivity index (χ4v) is 4.40. The highest BCUT2D eigenvalue weighted by molar-refractivity contribution is 5.97. The highest BCUT2D eigenvalue weighted by atomic mass is 19.1. The molecule has 0 aliphatic carbocycles. The lowest BCUT2D eigenvalue weighted by Gasteiger charge is -2.34. The van der Waals surface area contributed by atoms with Crippen LogP contribution in [-0.2, 0) is 5.41 Å².